The van der Waals surface area contributed by atoms with Crippen LogP contribution in [0, 0.1) is 5.82 Å². The number of likely N-dealkylation sites (tertiary alicyclic amines) is 1. The number of ether oxygens (including phenoxy) is 1. The monoisotopic (exact) mass is 299 g/mol. The van der Waals surface area contributed by atoms with Gasteiger partial charge in [0.05, 0.1) is 6.10 Å². The molecule has 1 aliphatic heterocycles. The van der Waals surface area contributed by atoms with Crippen LogP contribution >= 0.6 is 0 Å². The minimum absolute atomic E-state index is 0.000486. The number of rotatable bonds is 3. The molecule has 0 N–H and O–H groups in total. The molecule has 0 saturated carbocycles. The predicted molar refractivity (Wildman–Crippen MR) is 83.2 cm³/mol. The minimum Gasteiger partial charge on any atom is -0.380 e. The quantitative estimate of drug-likeness (QED) is 0.870. The van der Waals surface area contributed by atoms with E-state index in [0.717, 1.165) is 17.5 Å². The minimum atomic E-state index is -0.282. The molecule has 1 saturated heterocycles. The summed E-state index contributed by atoms with van der Waals surface area (Å²) < 4.78 is 18.4. The Morgan fingerprint density at radius 3 is 2.59 bits per heavy atom. The Balaban J connectivity index is 1.91. The second kappa shape index (κ2) is 6.28. The van der Waals surface area contributed by atoms with Crippen LogP contribution in [-0.2, 0) is 4.74 Å². The molecule has 1 amide bonds. The molecule has 0 spiro atoms. The maximum Gasteiger partial charge on any atom is 0.254 e. The molecule has 2 aromatic rings. The molecule has 1 atom stereocenters. The third-order valence-corrected chi connectivity index (χ3v) is 4.08. The van der Waals surface area contributed by atoms with Gasteiger partial charge in [-0.3, -0.25) is 4.79 Å². The molecule has 1 heterocycles. The van der Waals surface area contributed by atoms with E-state index in [4.69, 9.17) is 4.74 Å². The molecule has 1 fully saturated rings. The molecule has 114 valence electrons. The Morgan fingerprint density at radius 2 is 1.91 bits per heavy atom. The molecule has 1 aliphatic rings. The summed E-state index contributed by atoms with van der Waals surface area (Å²) in [5.74, 6) is -0.283. The number of methoxy groups -OCH3 is 1. The standard InChI is InChI=1S/C18H18FNO2/c1-22-15-10-11-20(12-15)18(21)17-5-3-2-4-16(17)13-6-8-14(19)9-7-13/h2-9,15H,10-12H2,1H3. The van der Waals surface area contributed by atoms with E-state index in [2.05, 4.69) is 0 Å². The van der Waals surface area contributed by atoms with E-state index in [9.17, 15) is 9.18 Å². The molecule has 0 radical (unpaired) electrons. The predicted octanol–water partition coefficient (Wildman–Crippen LogP) is 3.35. The second-order valence-corrected chi connectivity index (χ2v) is 5.45. The van der Waals surface area contributed by atoms with Gasteiger partial charge in [0.15, 0.2) is 0 Å². The van der Waals surface area contributed by atoms with E-state index in [0.29, 0.717) is 18.7 Å². The molecule has 0 aromatic heterocycles. The van der Waals surface area contributed by atoms with Gasteiger partial charge < -0.3 is 9.64 Å². The topological polar surface area (TPSA) is 29.5 Å². The fourth-order valence-corrected chi connectivity index (χ4v) is 2.83. The highest BCUT2D eigenvalue weighted by atomic mass is 19.1. The normalized spacial score (nSPS) is 17.7. The van der Waals surface area contributed by atoms with Crippen molar-refractivity contribution in [1.82, 2.24) is 4.90 Å². The summed E-state index contributed by atoms with van der Waals surface area (Å²) in [6.07, 6.45) is 0.975. The first-order valence-corrected chi connectivity index (χ1v) is 7.36. The molecule has 3 rings (SSSR count). The van der Waals surface area contributed by atoms with Crippen LogP contribution in [0.2, 0.25) is 0 Å². The highest BCUT2D eigenvalue weighted by Gasteiger charge is 2.27. The van der Waals surface area contributed by atoms with E-state index >= 15 is 0 Å². The van der Waals surface area contributed by atoms with Gasteiger partial charge in [-0.15, -0.1) is 0 Å². The van der Waals surface area contributed by atoms with Gasteiger partial charge in [0.2, 0.25) is 0 Å². The van der Waals surface area contributed by atoms with Crippen LogP contribution in [0.25, 0.3) is 11.1 Å². The number of halogens is 1. The van der Waals surface area contributed by atoms with Crippen LogP contribution in [0.4, 0.5) is 4.39 Å². The number of hydrogen-bond acceptors (Lipinski definition) is 2. The lowest BCUT2D eigenvalue weighted by Gasteiger charge is -2.18. The fourth-order valence-electron chi connectivity index (χ4n) is 2.83. The van der Waals surface area contributed by atoms with Crippen LogP contribution in [0.15, 0.2) is 48.5 Å². The summed E-state index contributed by atoms with van der Waals surface area (Å²) in [4.78, 5) is 14.6. The number of carbonyl (C=O) groups is 1. The SMILES string of the molecule is COC1CCN(C(=O)c2ccccc2-c2ccc(F)cc2)C1. The summed E-state index contributed by atoms with van der Waals surface area (Å²) in [5, 5.41) is 0. The highest BCUT2D eigenvalue weighted by Crippen LogP contribution is 2.26. The Labute approximate surface area is 129 Å². The number of amides is 1. The van der Waals surface area contributed by atoms with Gasteiger partial charge in [0.1, 0.15) is 5.82 Å². The second-order valence-electron chi connectivity index (χ2n) is 5.45. The van der Waals surface area contributed by atoms with E-state index in [1.165, 1.54) is 12.1 Å². The van der Waals surface area contributed by atoms with E-state index < -0.39 is 0 Å². The Kier molecular flexibility index (Phi) is 4.20. The van der Waals surface area contributed by atoms with Crippen molar-refractivity contribution in [2.45, 2.75) is 12.5 Å². The summed E-state index contributed by atoms with van der Waals surface area (Å²) in [6.45, 7) is 1.32. The first-order valence-electron chi connectivity index (χ1n) is 7.36. The van der Waals surface area contributed by atoms with Crippen LogP contribution < -0.4 is 0 Å². The van der Waals surface area contributed by atoms with Gasteiger partial charge in [0.25, 0.3) is 5.91 Å². The number of hydrogen-bond donors (Lipinski definition) is 0. The Bertz CT molecular complexity index is 669. The van der Waals surface area contributed by atoms with Gasteiger partial charge in [-0.1, -0.05) is 30.3 Å². The van der Waals surface area contributed by atoms with Crippen LogP contribution in [0.3, 0.4) is 0 Å². The molecule has 0 bridgehead atoms. The van der Waals surface area contributed by atoms with Gasteiger partial charge in [-0.05, 0) is 35.7 Å². The van der Waals surface area contributed by atoms with Crippen molar-refractivity contribution >= 4 is 5.91 Å². The Morgan fingerprint density at radius 1 is 1.18 bits per heavy atom. The number of nitrogens with zero attached hydrogens (tertiary/aromatic N) is 1. The maximum atomic E-state index is 13.1. The lowest BCUT2D eigenvalue weighted by atomic mass is 9.99. The third kappa shape index (κ3) is 2.88. The van der Waals surface area contributed by atoms with Gasteiger partial charge in [-0.2, -0.15) is 0 Å². The average molecular weight is 299 g/mol. The zero-order valence-electron chi connectivity index (χ0n) is 12.5. The van der Waals surface area contributed by atoms with Gasteiger partial charge in [0, 0.05) is 25.8 Å². The van der Waals surface area contributed by atoms with Crippen molar-refractivity contribution in [2.75, 3.05) is 20.2 Å². The molecular formula is C18H18FNO2. The summed E-state index contributed by atoms with van der Waals surface area (Å²) in [7, 11) is 1.67. The van der Waals surface area contributed by atoms with E-state index in [-0.39, 0.29) is 17.8 Å². The molecular weight excluding hydrogens is 281 g/mol. The smallest absolute Gasteiger partial charge is 0.254 e. The molecule has 0 aliphatic carbocycles. The Hall–Kier alpha value is -2.20. The fraction of sp³-hybridized carbons (Fsp3) is 0.278. The molecule has 22 heavy (non-hydrogen) atoms. The van der Waals surface area contributed by atoms with Crippen LogP contribution in [0.5, 0.6) is 0 Å². The lowest BCUT2D eigenvalue weighted by Crippen LogP contribution is -2.30. The zero-order valence-corrected chi connectivity index (χ0v) is 12.5. The van der Waals surface area contributed by atoms with E-state index in [1.54, 1.807) is 19.2 Å². The zero-order chi connectivity index (χ0) is 15.5. The average Bonchev–Trinajstić information content (AvgIpc) is 3.04. The largest absolute Gasteiger partial charge is 0.380 e. The number of benzene rings is 2. The van der Waals surface area contributed by atoms with Gasteiger partial charge >= 0.3 is 0 Å². The molecule has 3 nitrogen and oxygen atoms in total. The van der Waals surface area contributed by atoms with Crippen molar-refractivity contribution < 1.29 is 13.9 Å². The summed E-state index contributed by atoms with van der Waals surface area (Å²) >= 11 is 0. The lowest BCUT2D eigenvalue weighted by molar-refractivity contribution is 0.0725. The van der Waals surface area contributed by atoms with Gasteiger partial charge in [-0.25, -0.2) is 4.39 Å². The van der Waals surface area contributed by atoms with Crippen molar-refractivity contribution in [1.29, 1.82) is 0 Å². The third-order valence-electron chi connectivity index (χ3n) is 4.08. The molecule has 1 unspecified atom stereocenters. The highest BCUT2D eigenvalue weighted by molar-refractivity contribution is 6.01. The van der Waals surface area contributed by atoms with Crippen LogP contribution in [-0.4, -0.2) is 37.1 Å². The van der Waals surface area contributed by atoms with Crippen molar-refractivity contribution in [2.24, 2.45) is 0 Å². The summed E-state index contributed by atoms with van der Waals surface area (Å²) in [6, 6.07) is 13.7. The maximum absolute atomic E-state index is 13.1. The van der Waals surface area contributed by atoms with Crippen molar-refractivity contribution in [3.05, 3.63) is 59.9 Å². The van der Waals surface area contributed by atoms with Crippen molar-refractivity contribution in [3.63, 3.8) is 0 Å². The van der Waals surface area contributed by atoms with Crippen molar-refractivity contribution in [3.8, 4) is 11.1 Å². The molecule has 4 heteroatoms. The number of carbonyl (C=O) groups excluding carboxylic acids is 1. The molecule has 2 aromatic carbocycles. The summed E-state index contributed by atoms with van der Waals surface area (Å²) in [5.41, 5.74) is 2.31. The van der Waals surface area contributed by atoms with Crippen LogP contribution in [0.1, 0.15) is 16.8 Å². The first-order chi connectivity index (χ1) is 10.7. The van der Waals surface area contributed by atoms with E-state index in [1.807, 2.05) is 29.2 Å². The first kappa shape index (κ1) is 14.7.